The van der Waals surface area contributed by atoms with Crippen molar-refractivity contribution >= 4 is 28.9 Å². The first-order chi connectivity index (χ1) is 14.1. The Kier molecular flexibility index (Phi) is 5.85. The van der Waals surface area contributed by atoms with Gasteiger partial charge in [0.2, 0.25) is 0 Å². The number of aryl methyl sites for hydroxylation is 1. The summed E-state index contributed by atoms with van der Waals surface area (Å²) in [5.74, 6) is 1.59. The molecule has 2 atom stereocenters. The van der Waals surface area contributed by atoms with Crippen molar-refractivity contribution in [2.45, 2.75) is 19.0 Å². The zero-order chi connectivity index (χ0) is 20.4. The van der Waals surface area contributed by atoms with E-state index in [2.05, 4.69) is 15.2 Å². The van der Waals surface area contributed by atoms with Crippen LogP contribution in [0, 0.1) is 6.92 Å². The van der Waals surface area contributed by atoms with E-state index in [9.17, 15) is 0 Å². The zero-order valence-electron chi connectivity index (χ0n) is 16.3. The van der Waals surface area contributed by atoms with Gasteiger partial charge in [0.1, 0.15) is 17.6 Å². The van der Waals surface area contributed by atoms with Crippen LogP contribution in [0.4, 0.5) is 0 Å². The second-order valence-corrected chi connectivity index (χ2v) is 7.77. The maximum Gasteiger partial charge on any atom is 0.170 e. The lowest BCUT2D eigenvalue weighted by Gasteiger charge is -2.25. The van der Waals surface area contributed by atoms with Gasteiger partial charge in [0.25, 0.3) is 0 Å². The molecule has 0 bridgehead atoms. The van der Waals surface area contributed by atoms with Crippen LogP contribution < -0.4 is 5.32 Å². The first kappa shape index (κ1) is 19.9. The second-order valence-electron chi connectivity index (χ2n) is 6.98. The first-order valence-corrected chi connectivity index (χ1v) is 10.2. The van der Waals surface area contributed by atoms with Crippen molar-refractivity contribution in [3.63, 3.8) is 0 Å². The van der Waals surface area contributed by atoms with E-state index in [-0.39, 0.29) is 12.1 Å². The van der Waals surface area contributed by atoms with Crippen LogP contribution in [0.5, 0.6) is 0 Å². The number of nitrogens with one attached hydrogen (secondary N) is 1. The topological polar surface area (TPSA) is 50.5 Å². The van der Waals surface area contributed by atoms with Crippen LogP contribution in [0.2, 0.25) is 5.02 Å². The van der Waals surface area contributed by atoms with Crippen LogP contribution in [0.25, 0.3) is 11.3 Å². The average molecular weight is 428 g/mol. The summed E-state index contributed by atoms with van der Waals surface area (Å²) in [7, 11) is 1.68. The Balaban J connectivity index is 1.71. The van der Waals surface area contributed by atoms with E-state index in [0.29, 0.717) is 18.3 Å². The molecule has 0 spiro atoms. The molecule has 4 rings (SSSR count). The van der Waals surface area contributed by atoms with Gasteiger partial charge in [-0.15, -0.1) is 0 Å². The number of halogens is 1. The Morgan fingerprint density at radius 3 is 2.83 bits per heavy atom. The molecule has 1 N–H and O–H groups in total. The van der Waals surface area contributed by atoms with Crippen LogP contribution in [0.1, 0.15) is 29.1 Å². The molecule has 3 heterocycles. The maximum atomic E-state index is 6.30. The fourth-order valence-electron chi connectivity index (χ4n) is 3.56. The minimum Gasteiger partial charge on any atom is -0.459 e. The van der Waals surface area contributed by atoms with E-state index in [0.717, 1.165) is 33.4 Å². The van der Waals surface area contributed by atoms with Crippen molar-refractivity contribution in [3.8, 4) is 11.3 Å². The van der Waals surface area contributed by atoms with Crippen LogP contribution in [-0.2, 0) is 4.74 Å². The Bertz CT molecular complexity index is 1010. The number of nitrogens with zero attached hydrogens (tertiary/aromatic N) is 2. The van der Waals surface area contributed by atoms with E-state index in [4.69, 9.17) is 33.0 Å². The highest BCUT2D eigenvalue weighted by Crippen LogP contribution is 2.40. The molecule has 1 aromatic carbocycles. The van der Waals surface area contributed by atoms with E-state index < -0.39 is 0 Å². The summed E-state index contributed by atoms with van der Waals surface area (Å²) in [5, 5.41) is 4.79. The molecule has 2 aromatic heterocycles. The average Bonchev–Trinajstić information content (AvgIpc) is 3.34. The van der Waals surface area contributed by atoms with Crippen molar-refractivity contribution < 1.29 is 9.15 Å². The third kappa shape index (κ3) is 4.01. The highest BCUT2D eigenvalue weighted by molar-refractivity contribution is 7.80. The van der Waals surface area contributed by atoms with Crippen molar-refractivity contribution in [1.29, 1.82) is 0 Å². The van der Waals surface area contributed by atoms with Gasteiger partial charge < -0.3 is 19.4 Å². The fraction of sp³-hybridized carbons (Fsp3) is 0.273. The fourth-order valence-corrected chi connectivity index (χ4v) is 4.07. The van der Waals surface area contributed by atoms with Gasteiger partial charge in [0.05, 0.1) is 18.3 Å². The number of thiocarbonyl (C=S) groups is 1. The predicted octanol–water partition coefficient (Wildman–Crippen LogP) is 4.92. The van der Waals surface area contributed by atoms with E-state index in [1.54, 1.807) is 13.3 Å². The number of methoxy groups -OCH3 is 1. The predicted molar refractivity (Wildman–Crippen MR) is 118 cm³/mol. The third-order valence-electron chi connectivity index (χ3n) is 5.11. The molecule has 0 unspecified atom stereocenters. The van der Waals surface area contributed by atoms with Crippen LogP contribution in [0.3, 0.4) is 0 Å². The molecule has 150 valence electrons. The summed E-state index contributed by atoms with van der Waals surface area (Å²) >= 11 is 11.9. The quantitative estimate of drug-likeness (QED) is 0.563. The first-order valence-electron chi connectivity index (χ1n) is 9.41. The summed E-state index contributed by atoms with van der Waals surface area (Å²) in [4.78, 5) is 6.63. The highest BCUT2D eigenvalue weighted by Gasteiger charge is 2.41. The number of ether oxygens (including phenoxy) is 1. The van der Waals surface area contributed by atoms with Gasteiger partial charge in [0.15, 0.2) is 5.11 Å². The summed E-state index contributed by atoms with van der Waals surface area (Å²) in [6, 6.07) is 15.6. The minimum atomic E-state index is -0.123. The van der Waals surface area contributed by atoms with Gasteiger partial charge in [-0.25, -0.2) is 0 Å². The second kappa shape index (κ2) is 8.53. The molecular formula is C22H22ClN3O2S. The normalized spacial score (nSPS) is 18.9. The maximum absolute atomic E-state index is 6.30. The van der Waals surface area contributed by atoms with Crippen molar-refractivity contribution in [2.75, 3.05) is 20.3 Å². The summed E-state index contributed by atoms with van der Waals surface area (Å²) in [6.45, 7) is 3.20. The van der Waals surface area contributed by atoms with Gasteiger partial charge in [-0.05, 0) is 55.0 Å². The SMILES string of the molecule is COCCN1C(=S)N[C@@H](c2ccccn2)[C@@H]1c1ccc(-c2ccc(C)c(Cl)c2)o1. The van der Waals surface area contributed by atoms with Crippen LogP contribution in [-0.4, -0.2) is 35.3 Å². The van der Waals surface area contributed by atoms with Gasteiger partial charge in [-0.2, -0.15) is 0 Å². The number of furan rings is 1. The monoisotopic (exact) mass is 427 g/mol. The smallest absolute Gasteiger partial charge is 0.170 e. The lowest BCUT2D eigenvalue weighted by molar-refractivity contribution is 0.158. The molecule has 0 saturated carbocycles. The highest BCUT2D eigenvalue weighted by atomic mass is 35.5. The van der Waals surface area contributed by atoms with Gasteiger partial charge in [0, 0.05) is 30.4 Å². The minimum absolute atomic E-state index is 0.110. The summed E-state index contributed by atoms with van der Waals surface area (Å²) in [6.07, 6.45) is 1.79. The number of aromatic nitrogens is 1. The lowest BCUT2D eigenvalue weighted by Crippen LogP contribution is -2.32. The van der Waals surface area contributed by atoms with E-state index in [1.807, 2.05) is 55.5 Å². The lowest BCUT2D eigenvalue weighted by atomic mass is 10.0. The molecule has 1 saturated heterocycles. The van der Waals surface area contributed by atoms with Gasteiger partial charge >= 0.3 is 0 Å². The van der Waals surface area contributed by atoms with Crippen molar-refractivity contribution in [3.05, 3.63) is 76.8 Å². The zero-order valence-corrected chi connectivity index (χ0v) is 17.8. The Morgan fingerprint density at radius 2 is 2.10 bits per heavy atom. The number of rotatable bonds is 6. The van der Waals surface area contributed by atoms with Crippen molar-refractivity contribution in [2.24, 2.45) is 0 Å². The molecule has 5 nitrogen and oxygen atoms in total. The third-order valence-corrected chi connectivity index (χ3v) is 5.87. The number of pyridine rings is 1. The number of hydrogen-bond acceptors (Lipinski definition) is 4. The molecule has 1 aliphatic heterocycles. The Hall–Kier alpha value is -2.41. The molecular weight excluding hydrogens is 406 g/mol. The molecule has 3 aromatic rings. The molecule has 1 aliphatic rings. The summed E-state index contributed by atoms with van der Waals surface area (Å²) in [5.41, 5.74) is 2.89. The van der Waals surface area contributed by atoms with Crippen LogP contribution in [0.15, 0.2) is 59.1 Å². The molecule has 29 heavy (non-hydrogen) atoms. The Labute approximate surface area is 180 Å². The standard InChI is InChI=1S/C22H22ClN3O2S/c1-14-6-7-15(13-16(14)23)18-8-9-19(28-18)21-20(17-5-3-4-10-24-17)25-22(29)26(21)11-12-27-2/h3-10,13,20-21H,11-12H2,1-2H3,(H,25,29)/t20-,21-/m0/s1. The van der Waals surface area contributed by atoms with E-state index in [1.165, 1.54) is 0 Å². The van der Waals surface area contributed by atoms with E-state index >= 15 is 0 Å². The Morgan fingerprint density at radius 1 is 1.24 bits per heavy atom. The largest absolute Gasteiger partial charge is 0.459 e. The molecule has 0 amide bonds. The molecule has 7 heteroatoms. The molecule has 0 radical (unpaired) electrons. The van der Waals surface area contributed by atoms with Crippen molar-refractivity contribution in [1.82, 2.24) is 15.2 Å². The molecule has 0 aliphatic carbocycles. The number of benzene rings is 1. The molecule has 1 fully saturated rings. The summed E-state index contributed by atoms with van der Waals surface area (Å²) < 4.78 is 11.6. The van der Waals surface area contributed by atoms with Gasteiger partial charge in [-0.3, -0.25) is 4.98 Å². The van der Waals surface area contributed by atoms with Gasteiger partial charge in [-0.1, -0.05) is 29.8 Å². The van der Waals surface area contributed by atoms with Crippen LogP contribution >= 0.6 is 23.8 Å². The number of hydrogen-bond donors (Lipinski definition) is 1.